The van der Waals surface area contributed by atoms with Crippen LogP contribution in [0.15, 0.2) is 72.8 Å². The Kier molecular flexibility index (Phi) is 19.1. The minimum atomic E-state index is -0.312. The Morgan fingerprint density at radius 3 is 1.61 bits per heavy atom. The molecule has 252 valence electrons. The van der Waals surface area contributed by atoms with E-state index in [4.69, 9.17) is 9.47 Å². The SMILES string of the molecule is CCCCCCCCCCCCCCCCOC(C)c1ccc(-c2ccc(C(=O)Oc3ccccc3CCCCCC)cc2)cc1. The van der Waals surface area contributed by atoms with E-state index in [9.17, 15) is 4.79 Å². The van der Waals surface area contributed by atoms with Crippen LogP contribution >= 0.6 is 0 Å². The Morgan fingerprint density at radius 1 is 0.565 bits per heavy atom. The van der Waals surface area contributed by atoms with Crippen LogP contribution in [0.1, 0.15) is 164 Å². The molecule has 0 radical (unpaired) electrons. The Morgan fingerprint density at radius 2 is 1.04 bits per heavy atom. The average Bonchev–Trinajstić information content (AvgIpc) is 3.09. The molecule has 3 rings (SSSR count). The first kappa shape index (κ1) is 37.5. The van der Waals surface area contributed by atoms with Crippen molar-refractivity contribution < 1.29 is 14.3 Å². The van der Waals surface area contributed by atoms with Crippen LogP contribution in [0, 0.1) is 0 Å². The highest BCUT2D eigenvalue weighted by molar-refractivity contribution is 5.91. The minimum Gasteiger partial charge on any atom is -0.423 e. The van der Waals surface area contributed by atoms with E-state index in [0.29, 0.717) is 11.3 Å². The average molecular weight is 627 g/mol. The van der Waals surface area contributed by atoms with Gasteiger partial charge < -0.3 is 9.47 Å². The smallest absolute Gasteiger partial charge is 0.343 e. The molecule has 3 aromatic carbocycles. The second-order valence-corrected chi connectivity index (χ2v) is 13.1. The highest BCUT2D eigenvalue weighted by atomic mass is 16.5. The normalized spacial score (nSPS) is 11.9. The Labute approximate surface area is 281 Å². The van der Waals surface area contributed by atoms with Crippen molar-refractivity contribution in [3.05, 3.63) is 89.5 Å². The van der Waals surface area contributed by atoms with Gasteiger partial charge in [-0.1, -0.05) is 171 Å². The first-order valence-corrected chi connectivity index (χ1v) is 18.7. The van der Waals surface area contributed by atoms with Crippen molar-refractivity contribution in [1.29, 1.82) is 0 Å². The van der Waals surface area contributed by atoms with Gasteiger partial charge in [0.1, 0.15) is 5.75 Å². The van der Waals surface area contributed by atoms with Gasteiger partial charge in [0.15, 0.2) is 0 Å². The van der Waals surface area contributed by atoms with Crippen LogP contribution in [0.4, 0.5) is 0 Å². The third kappa shape index (κ3) is 14.7. The standard InChI is InChI=1S/C43H62O3/c1-4-6-8-10-11-12-13-14-15-16-17-18-19-23-35-45-36(3)37-27-29-38(30-28-37)39-31-33-41(34-32-39)43(44)46-42-26-22-21-25-40(42)24-20-9-7-5-2/h21-22,25-34,36H,4-20,23-24,35H2,1-3H3. The van der Waals surface area contributed by atoms with Gasteiger partial charge in [0.25, 0.3) is 0 Å². The number of unbranched alkanes of at least 4 members (excludes halogenated alkanes) is 16. The summed E-state index contributed by atoms with van der Waals surface area (Å²) < 4.78 is 12.0. The largest absolute Gasteiger partial charge is 0.423 e. The van der Waals surface area contributed by atoms with Crippen LogP contribution < -0.4 is 4.74 Å². The zero-order valence-electron chi connectivity index (χ0n) is 29.4. The number of rotatable bonds is 25. The van der Waals surface area contributed by atoms with Gasteiger partial charge in [-0.3, -0.25) is 0 Å². The van der Waals surface area contributed by atoms with E-state index in [0.717, 1.165) is 42.6 Å². The molecule has 0 spiro atoms. The molecule has 0 aliphatic rings. The van der Waals surface area contributed by atoms with Gasteiger partial charge in [-0.25, -0.2) is 4.79 Å². The molecule has 0 aromatic heterocycles. The van der Waals surface area contributed by atoms with E-state index in [2.05, 4.69) is 51.1 Å². The number of aryl methyl sites for hydroxylation is 1. The summed E-state index contributed by atoms with van der Waals surface area (Å²) in [6, 6.07) is 24.2. The van der Waals surface area contributed by atoms with Crippen molar-refractivity contribution in [3.63, 3.8) is 0 Å². The molecule has 1 atom stereocenters. The van der Waals surface area contributed by atoms with Crippen LogP contribution in [0.5, 0.6) is 5.75 Å². The van der Waals surface area contributed by atoms with Gasteiger partial charge >= 0.3 is 5.97 Å². The fourth-order valence-electron chi connectivity index (χ4n) is 6.11. The minimum absolute atomic E-state index is 0.0858. The lowest BCUT2D eigenvalue weighted by Gasteiger charge is -2.14. The topological polar surface area (TPSA) is 35.5 Å². The van der Waals surface area contributed by atoms with Gasteiger partial charge in [0, 0.05) is 6.61 Å². The zero-order valence-corrected chi connectivity index (χ0v) is 29.4. The number of para-hydroxylation sites is 1. The maximum absolute atomic E-state index is 12.9. The fourth-order valence-corrected chi connectivity index (χ4v) is 6.11. The molecule has 0 aliphatic carbocycles. The first-order valence-electron chi connectivity index (χ1n) is 18.7. The fraction of sp³-hybridized carbons (Fsp3) is 0.558. The number of carbonyl (C=O) groups excluding carboxylic acids is 1. The highest BCUT2D eigenvalue weighted by Crippen LogP contribution is 2.26. The van der Waals surface area contributed by atoms with Crippen molar-refractivity contribution in [2.45, 2.75) is 149 Å². The molecular formula is C43H62O3. The maximum atomic E-state index is 12.9. The number of hydrogen-bond acceptors (Lipinski definition) is 3. The van der Waals surface area contributed by atoms with Gasteiger partial charge in [0.2, 0.25) is 0 Å². The van der Waals surface area contributed by atoms with Gasteiger partial charge in [-0.05, 0) is 66.6 Å². The molecule has 0 amide bonds. The molecule has 3 aromatic rings. The third-order valence-corrected chi connectivity index (χ3v) is 9.17. The van der Waals surface area contributed by atoms with Crippen molar-refractivity contribution >= 4 is 5.97 Å². The lowest BCUT2D eigenvalue weighted by molar-refractivity contribution is 0.0627. The van der Waals surface area contributed by atoms with Gasteiger partial charge in [0.05, 0.1) is 11.7 Å². The molecule has 3 nitrogen and oxygen atoms in total. The van der Waals surface area contributed by atoms with Crippen LogP contribution in [0.3, 0.4) is 0 Å². The molecule has 3 heteroatoms. The number of benzene rings is 3. The van der Waals surface area contributed by atoms with E-state index >= 15 is 0 Å². The van der Waals surface area contributed by atoms with E-state index < -0.39 is 0 Å². The predicted molar refractivity (Wildman–Crippen MR) is 196 cm³/mol. The lowest BCUT2D eigenvalue weighted by Crippen LogP contribution is -2.09. The summed E-state index contributed by atoms with van der Waals surface area (Å²) in [5.41, 5.74) is 5.06. The summed E-state index contributed by atoms with van der Waals surface area (Å²) in [4.78, 5) is 12.9. The lowest BCUT2D eigenvalue weighted by atomic mass is 10.0. The Balaban J connectivity index is 1.31. The summed E-state index contributed by atoms with van der Waals surface area (Å²) in [5, 5.41) is 0. The number of hydrogen-bond donors (Lipinski definition) is 0. The Bertz CT molecular complexity index is 1200. The summed E-state index contributed by atoms with van der Waals surface area (Å²) >= 11 is 0. The molecule has 0 bridgehead atoms. The number of esters is 1. The van der Waals surface area contributed by atoms with Crippen LogP contribution in [0.25, 0.3) is 11.1 Å². The quantitative estimate of drug-likeness (QED) is 0.0533. The highest BCUT2D eigenvalue weighted by Gasteiger charge is 2.12. The van der Waals surface area contributed by atoms with Gasteiger partial charge in [-0.15, -0.1) is 0 Å². The van der Waals surface area contributed by atoms with Crippen LogP contribution in [0.2, 0.25) is 0 Å². The molecular weight excluding hydrogens is 564 g/mol. The predicted octanol–water partition coefficient (Wildman–Crippen LogP) is 13.3. The maximum Gasteiger partial charge on any atom is 0.343 e. The second-order valence-electron chi connectivity index (χ2n) is 13.1. The molecule has 46 heavy (non-hydrogen) atoms. The number of ether oxygens (including phenoxy) is 2. The van der Waals surface area contributed by atoms with Crippen molar-refractivity contribution in [1.82, 2.24) is 0 Å². The first-order chi connectivity index (χ1) is 22.6. The third-order valence-electron chi connectivity index (χ3n) is 9.17. The van der Waals surface area contributed by atoms with E-state index in [1.807, 2.05) is 42.5 Å². The van der Waals surface area contributed by atoms with Crippen LogP contribution in [-0.2, 0) is 11.2 Å². The summed E-state index contributed by atoms with van der Waals surface area (Å²) in [7, 11) is 0. The number of carbonyl (C=O) groups is 1. The van der Waals surface area contributed by atoms with Crippen molar-refractivity contribution in [3.8, 4) is 16.9 Å². The van der Waals surface area contributed by atoms with Crippen LogP contribution in [-0.4, -0.2) is 12.6 Å². The molecule has 0 fully saturated rings. The summed E-state index contributed by atoms with van der Waals surface area (Å²) in [6.45, 7) is 7.47. The molecule has 1 unspecified atom stereocenters. The van der Waals surface area contributed by atoms with E-state index in [1.54, 1.807) is 0 Å². The van der Waals surface area contributed by atoms with E-state index in [-0.39, 0.29) is 12.1 Å². The molecule has 0 saturated carbocycles. The summed E-state index contributed by atoms with van der Waals surface area (Å²) in [5.74, 6) is 0.358. The molecule has 0 saturated heterocycles. The second kappa shape index (κ2) is 23.4. The molecule has 0 aliphatic heterocycles. The van der Waals surface area contributed by atoms with Gasteiger partial charge in [-0.2, -0.15) is 0 Å². The Hall–Kier alpha value is -2.91. The zero-order chi connectivity index (χ0) is 32.7. The van der Waals surface area contributed by atoms with Crippen molar-refractivity contribution in [2.24, 2.45) is 0 Å². The monoisotopic (exact) mass is 626 g/mol. The van der Waals surface area contributed by atoms with E-state index in [1.165, 1.54) is 108 Å². The molecule has 0 N–H and O–H groups in total. The van der Waals surface area contributed by atoms with Crippen molar-refractivity contribution in [2.75, 3.05) is 6.61 Å². The molecule has 0 heterocycles. The summed E-state index contributed by atoms with van der Waals surface area (Å²) in [6.07, 6.45) is 25.0.